The lowest BCUT2D eigenvalue weighted by Crippen LogP contribution is -2.30. The van der Waals surface area contributed by atoms with Crippen LogP contribution < -0.4 is 16.2 Å². The number of anilines is 2. The van der Waals surface area contributed by atoms with E-state index in [-0.39, 0.29) is 16.9 Å². The molecule has 2 amide bonds. The van der Waals surface area contributed by atoms with Gasteiger partial charge in [0, 0.05) is 17.3 Å². The fourth-order valence-corrected chi connectivity index (χ4v) is 3.41. The van der Waals surface area contributed by atoms with E-state index in [9.17, 15) is 27.6 Å². The molecule has 36 heavy (non-hydrogen) atoms. The molecule has 0 aliphatic carbocycles. The molecule has 0 fully saturated rings. The summed E-state index contributed by atoms with van der Waals surface area (Å²) < 4.78 is 39.9. The number of carbonyl (C=O) groups is 2. The third-order valence-electron chi connectivity index (χ3n) is 5.12. The van der Waals surface area contributed by atoms with Crippen molar-refractivity contribution in [3.05, 3.63) is 112 Å². The molecular formula is C26H19F3N4O3. The van der Waals surface area contributed by atoms with Gasteiger partial charge in [0.25, 0.3) is 11.5 Å². The minimum atomic E-state index is -4.56. The third kappa shape index (κ3) is 5.84. The van der Waals surface area contributed by atoms with Gasteiger partial charge in [-0.15, -0.1) is 0 Å². The Bertz CT molecular complexity index is 1470. The lowest BCUT2D eigenvalue weighted by molar-refractivity contribution is -0.137. The summed E-state index contributed by atoms with van der Waals surface area (Å²) in [6.07, 6.45) is -4.56. The third-order valence-corrected chi connectivity index (χ3v) is 5.12. The Morgan fingerprint density at radius 1 is 0.833 bits per heavy atom. The standard InChI is InChI=1S/C26H19F3N4O3/c27-26(28,29)18-9-6-10-19(15-18)30-25(36)20-11-4-5-12-22(20)31-23(34)16-33-24(35)14-13-21(32-33)17-7-2-1-3-8-17/h1-15H,16H2,(H,30,36)(H,31,34). The molecule has 0 saturated carbocycles. The van der Waals surface area contributed by atoms with Crippen molar-refractivity contribution in [2.45, 2.75) is 12.7 Å². The summed E-state index contributed by atoms with van der Waals surface area (Å²) in [5.41, 5.74) is -0.0182. The number of amides is 2. The zero-order chi connectivity index (χ0) is 25.7. The zero-order valence-electron chi connectivity index (χ0n) is 18.6. The Hall–Kier alpha value is -4.73. The summed E-state index contributed by atoms with van der Waals surface area (Å²) >= 11 is 0. The summed E-state index contributed by atoms with van der Waals surface area (Å²) in [6, 6.07) is 22.2. The number of nitrogens with zero attached hydrogens (tertiary/aromatic N) is 2. The average molecular weight is 492 g/mol. The molecule has 1 aromatic heterocycles. The highest BCUT2D eigenvalue weighted by Crippen LogP contribution is 2.31. The molecule has 2 N–H and O–H groups in total. The van der Waals surface area contributed by atoms with Crippen LogP contribution in [0.15, 0.2) is 95.8 Å². The maximum atomic E-state index is 13.0. The zero-order valence-corrected chi connectivity index (χ0v) is 18.6. The molecule has 10 heteroatoms. The Kier molecular flexibility index (Phi) is 6.95. The number of aromatic nitrogens is 2. The predicted molar refractivity (Wildman–Crippen MR) is 128 cm³/mol. The molecule has 0 aliphatic heterocycles. The van der Waals surface area contributed by atoms with Crippen LogP contribution in [-0.2, 0) is 17.5 Å². The van der Waals surface area contributed by atoms with Crippen LogP contribution in [0.25, 0.3) is 11.3 Å². The van der Waals surface area contributed by atoms with E-state index >= 15 is 0 Å². The molecule has 0 bridgehead atoms. The van der Waals surface area contributed by atoms with Crippen LogP contribution in [0.5, 0.6) is 0 Å². The Labute approximate surface area is 203 Å². The molecule has 3 aromatic carbocycles. The largest absolute Gasteiger partial charge is 0.416 e. The monoisotopic (exact) mass is 492 g/mol. The van der Waals surface area contributed by atoms with Gasteiger partial charge in [-0.3, -0.25) is 14.4 Å². The minimum Gasteiger partial charge on any atom is -0.324 e. The van der Waals surface area contributed by atoms with Crippen LogP contribution in [0.1, 0.15) is 15.9 Å². The van der Waals surface area contributed by atoms with E-state index in [0.29, 0.717) is 5.69 Å². The first-order valence-electron chi connectivity index (χ1n) is 10.7. The second kappa shape index (κ2) is 10.3. The van der Waals surface area contributed by atoms with Gasteiger partial charge in [0.1, 0.15) is 6.54 Å². The molecule has 182 valence electrons. The number of carbonyl (C=O) groups excluding carboxylic acids is 2. The summed E-state index contributed by atoms with van der Waals surface area (Å²) in [4.78, 5) is 37.7. The Morgan fingerprint density at radius 3 is 2.31 bits per heavy atom. The van der Waals surface area contributed by atoms with E-state index in [2.05, 4.69) is 15.7 Å². The van der Waals surface area contributed by atoms with Gasteiger partial charge < -0.3 is 10.6 Å². The number of rotatable bonds is 6. The van der Waals surface area contributed by atoms with Crippen molar-refractivity contribution in [3.8, 4) is 11.3 Å². The second-order valence-electron chi connectivity index (χ2n) is 7.71. The molecular weight excluding hydrogens is 473 g/mol. The molecule has 7 nitrogen and oxygen atoms in total. The first-order valence-corrected chi connectivity index (χ1v) is 10.7. The number of nitrogens with one attached hydrogen (secondary N) is 2. The van der Waals surface area contributed by atoms with E-state index in [4.69, 9.17) is 0 Å². The van der Waals surface area contributed by atoms with Gasteiger partial charge in [-0.25, -0.2) is 4.68 Å². The van der Waals surface area contributed by atoms with Crippen molar-refractivity contribution in [3.63, 3.8) is 0 Å². The van der Waals surface area contributed by atoms with Crippen molar-refractivity contribution in [1.29, 1.82) is 0 Å². The Morgan fingerprint density at radius 2 is 1.56 bits per heavy atom. The number of hydrogen-bond acceptors (Lipinski definition) is 4. The molecule has 0 atom stereocenters. The molecule has 1 heterocycles. The molecule has 4 rings (SSSR count). The maximum absolute atomic E-state index is 13.0. The van der Waals surface area contributed by atoms with Crippen molar-refractivity contribution >= 4 is 23.2 Å². The summed E-state index contributed by atoms with van der Waals surface area (Å²) in [5, 5.41) is 9.22. The van der Waals surface area contributed by atoms with Crippen LogP contribution in [0.2, 0.25) is 0 Å². The average Bonchev–Trinajstić information content (AvgIpc) is 2.86. The molecule has 0 unspecified atom stereocenters. The van der Waals surface area contributed by atoms with Gasteiger partial charge in [-0.05, 0) is 36.4 Å². The van der Waals surface area contributed by atoms with Crippen LogP contribution in [0.4, 0.5) is 24.5 Å². The predicted octanol–water partition coefficient (Wildman–Crippen LogP) is 4.82. The van der Waals surface area contributed by atoms with E-state index in [1.807, 2.05) is 30.3 Å². The first kappa shape index (κ1) is 24.4. The summed E-state index contributed by atoms with van der Waals surface area (Å²) in [6.45, 7) is -0.414. The summed E-state index contributed by atoms with van der Waals surface area (Å²) in [7, 11) is 0. The number of para-hydroxylation sites is 1. The van der Waals surface area contributed by atoms with Crippen LogP contribution >= 0.6 is 0 Å². The smallest absolute Gasteiger partial charge is 0.324 e. The minimum absolute atomic E-state index is 0.0293. The highest BCUT2D eigenvalue weighted by atomic mass is 19.4. The lowest BCUT2D eigenvalue weighted by Gasteiger charge is -2.13. The number of halogens is 3. The van der Waals surface area contributed by atoms with Crippen molar-refractivity contribution in [1.82, 2.24) is 9.78 Å². The van der Waals surface area contributed by atoms with Crippen molar-refractivity contribution in [2.24, 2.45) is 0 Å². The van der Waals surface area contributed by atoms with Gasteiger partial charge in [-0.2, -0.15) is 18.3 Å². The van der Waals surface area contributed by atoms with Gasteiger partial charge >= 0.3 is 6.18 Å². The summed E-state index contributed by atoms with van der Waals surface area (Å²) in [5.74, 6) is -1.33. The molecule has 0 radical (unpaired) electrons. The number of alkyl halides is 3. The highest BCUT2D eigenvalue weighted by molar-refractivity contribution is 6.10. The Balaban J connectivity index is 1.50. The van der Waals surface area contributed by atoms with E-state index in [1.165, 1.54) is 30.3 Å². The van der Waals surface area contributed by atoms with Crippen LogP contribution in [0.3, 0.4) is 0 Å². The van der Waals surface area contributed by atoms with E-state index in [0.717, 1.165) is 22.4 Å². The van der Waals surface area contributed by atoms with Gasteiger partial charge in [-0.1, -0.05) is 48.5 Å². The van der Waals surface area contributed by atoms with Crippen molar-refractivity contribution in [2.75, 3.05) is 10.6 Å². The topological polar surface area (TPSA) is 93.1 Å². The fourth-order valence-electron chi connectivity index (χ4n) is 3.41. The van der Waals surface area contributed by atoms with E-state index in [1.54, 1.807) is 18.2 Å². The first-order chi connectivity index (χ1) is 17.2. The number of benzene rings is 3. The van der Waals surface area contributed by atoms with Gasteiger partial charge in [0.2, 0.25) is 5.91 Å². The molecule has 0 saturated heterocycles. The maximum Gasteiger partial charge on any atom is 0.416 e. The van der Waals surface area contributed by atoms with Crippen LogP contribution in [0, 0.1) is 0 Å². The molecule has 0 aliphatic rings. The molecule has 4 aromatic rings. The number of hydrogen-bond donors (Lipinski definition) is 2. The van der Waals surface area contributed by atoms with Crippen LogP contribution in [-0.4, -0.2) is 21.6 Å². The van der Waals surface area contributed by atoms with Gasteiger partial charge in [0.05, 0.1) is 22.5 Å². The van der Waals surface area contributed by atoms with Gasteiger partial charge in [0.15, 0.2) is 0 Å². The SMILES string of the molecule is O=C(Cn1nc(-c2ccccc2)ccc1=O)Nc1ccccc1C(=O)Nc1cccc(C(F)(F)F)c1. The second-order valence-corrected chi connectivity index (χ2v) is 7.71. The highest BCUT2D eigenvalue weighted by Gasteiger charge is 2.30. The van der Waals surface area contributed by atoms with Crippen molar-refractivity contribution < 1.29 is 22.8 Å². The quantitative estimate of drug-likeness (QED) is 0.404. The van der Waals surface area contributed by atoms with E-state index < -0.39 is 35.7 Å². The fraction of sp³-hybridized carbons (Fsp3) is 0.0769. The molecule has 0 spiro atoms. The normalized spacial score (nSPS) is 11.1. The lowest BCUT2D eigenvalue weighted by atomic mass is 10.1.